The molecular weight excluding hydrogens is 238 g/mol. The Morgan fingerprint density at radius 1 is 1.44 bits per heavy atom. The van der Waals surface area contributed by atoms with E-state index in [1.807, 2.05) is 11.6 Å². The van der Waals surface area contributed by atoms with Gasteiger partial charge in [-0.25, -0.2) is 4.98 Å². The van der Waals surface area contributed by atoms with Crippen molar-refractivity contribution >= 4 is 28.3 Å². The van der Waals surface area contributed by atoms with Gasteiger partial charge in [-0.15, -0.1) is 11.3 Å². The van der Waals surface area contributed by atoms with Crippen molar-refractivity contribution in [2.75, 3.05) is 5.75 Å². The molecule has 0 saturated carbocycles. The molecular formula is C11H17N3S2. The molecule has 0 amide bonds. The lowest BCUT2D eigenvalue weighted by atomic mass is 10.1. The van der Waals surface area contributed by atoms with E-state index in [4.69, 9.17) is 0 Å². The first-order valence-electron chi connectivity index (χ1n) is 5.30. The Hall–Kier alpha value is -0.550. The van der Waals surface area contributed by atoms with E-state index < -0.39 is 0 Å². The molecule has 5 heteroatoms. The maximum atomic E-state index is 4.66. The smallest absolute Gasteiger partial charge is 0.157 e. The van der Waals surface area contributed by atoms with Crippen molar-refractivity contribution in [1.82, 2.24) is 10.3 Å². The Bertz CT molecular complexity index is 393. The predicted octanol–water partition coefficient (Wildman–Crippen LogP) is 2.85. The van der Waals surface area contributed by atoms with Crippen LogP contribution in [0.5, 0.6) is 0 Å². The van der Waals surface area contributed by atoms with Gasteiger partial charge in [0.15, 0.2) is 5.17 Å². The summed E-state index contributed by atoms with van der Waals surface area (Å²) in [6.07, 6.45) is 1.84. The fraction of sp³-hybridized carbons (Fsp3) is 0.636. The third kappa shape index (κ3) is 2.58. The average molecular weight is 255 g/mol. The van der Waals surface area contributed by atoms with Crippen molar-refractivity contribution in [3.63, 3.8) is 0 Å². The lowest BCUT2D eigenvalue weighted by molar-refractivity contribution is 0.483. The van der Waals surface area contributed by atoms with E-state index in [-0.39, 0.29) is 11.1 Å². The van der Waals surface area contributed by atoms with Crippen molar-refractivity contribution in [3.8, 4) is 0 Å². The van der Waals surface area contributed by atoms with Gasteiger partial charge in [0.25, 0.3) is 0 Å². The van der Waals surface area contributed by atoms with E-state index >= 15 is 0 Å². The third-order valence-corrected chi connectivity index (χ3v) is 4.77. The van der Waals surface area contributed by atoms with E-state index in [2.05, 4.69) is 43.0 Å². The van der Waals surface area contributed by atoms with Crippen LogP contribution >= 0.6 is 23.1 Å². The molecule has 0 bridgehead atoms. The molecule has 0 saturated heterocycles. The summed E-state index contributed by atoms with van der Waals surface area (Å²) in [5.74, 6) is 1.04. The number of hydrogen-bond acceptors (Lipinski definition) is 5. The first kappa shape index (κ1) is 11.9. The van der Waals surface area contributed by atoms with Gasteiger partial charge in [-0.3, -0.25) is 4.99 Å². The van der Waals surface area contributed by atoms with Crippen molar-refractivity contribution in [2.24, 2.45) is 4.99 Å². The van der Waals surface area contributed by atoms with Crippen molar-refractivity contribution < 1.29 is 0 Å². The van der Waals surface area contributed by atoms with Gasteiger partial charge in [0, 0.05) is 17.3 Å². The summed E-state index contributed by atoms with van der Waals surface area (Å²) in [7, 11) is 0. The number of hydrogen-bond donors (Lipinski definition) is 1. The van der Waals surface area contributed by atoms with Crippen molar-refractivity contribution in [2.45, 2.75) is 38.8 Å². The summed E-state index contributed by atoms with van der Waals surface area (Å²) < 4.78 is 0. The Morgan fingerprint density at radius 2 is 2.19 bits per heavy atom. The van der Waals surface area contributed by atoms with Crippen LogP contribution in [0.15, 0.2) is 16.6 Å². The van der Waals surface area contributed by atoms with Gasteiger partial charge in [-0.05, 0) is 27.7 Å². The molecule has 0 unspecified atom stereocenters. The minimum atomic E-state index is -0.138. The molecule has 1 aromatic heterocycles. The van der Waals surface area contributed by atoms with Gasteiger partial charge in [0.1, 0.15) is 5.01 Å². The molecule has 88 valence electrons. The highest BCUT2D eigenvalue weighted by molar-refractivity contribution is 8.14. The largest absolute Gasteiger partial charge is 0.354 e. The van der Waals surface area contributed by atoms with Crippen LogP contribution in [0.25, 0.3) is 0 Å². The fourth-order valence-corrected chi connectivity index (χ4v) is 3.41. The van der Waals surface area contributed by atoms with Crippen LogP contribution in [0, 0.1) is 0 Å². The van der Waals surface area contributed by atoms with Gasteiger partial charge in [-0.2, -0.15) is 0 Å². The molecule has 1 aliphatic rings. The maximum absolute atomic E-state index is 4.66. The standard InChI is InChI=1S/C11H17N3S2/c1-10(2)7-16-9(13-10)14-11(3,4)8-12-5-6-15-8/h5-6H,7H2,1-4H3,(H,13,14). The SMILES string of the molecule is CC1(C)CSC(NC(C)(C)c2nccs2)=N1. The number of amidine groups is 1. The van der Waals surface area contributed by atoms with Gasteiger partial charge in [0.2, 0.25) is 0 Å². The molecule has 2 rings (SSSR count). The number of nitrogens with zero attached hydrogens (tertiary/aromatic N) is 2. The number of aliphatic imine (C=N–C) groups is 1. The number of nitrogens with one attached hydrogen (secondary N) is 1. The molecule has 0 aromatic carbocycles. The number of aromatic nitrogens is 1. The lowest BCUT2D eigenvalue weighted by Gasteiger charge is -2.24. The zero-order chi connectivity index (χ0) is 11.8. The van der Waals surface area contributed by atoms with Gasteiger partial charge in [-0.1, -0.05) is 11.8 Å². The highest BCUT2D eigenvalue weighted by atomic mass is 32.2. The Labute approximate surface area is 105 Å². The summed E-state index contributed by atoms with van der Waals surface area (Å²) in [6.45, 7) is 8.59. The molecule has 1 aromatic rings. The monoisotopic (exact) mass is 255 g/mol. The van der Waals surface area contributed by atoms with Gasteiger partial charge in [0.05, 0.1) is 11.1 Å². The Kier molecular flexibility index (Phi) is 3.01. The van der Waals surface area contributed by atoms with E-state index in [0.29, 0.717) is 0 Å². The summed E-state index contributed by atoms with van der Waals surface area (Å²) >= 11 is 3.46. The quantitative estimate of drug-likeness (QED) is 0.883. The second-order valence-electron chi connectivity index (χ2n) is 5.11. The third-order valence-electron chi connectivity index (χ3n) is 2.35. The minimum absolute atomic E-state index is 0.0615. The molecule has 1 aliphatic heterocycles. The zero-order valence-electron chi connectivity index (χ0n) is 10.1. The van der Waals surface area contributed by atoms with E-state index in [1.54, 1.807) is 23.1 Å². The second-order valence-corrected chi connectivity index (χ2v) is 6.96. The summed E-state index contributed by atoms with van der Waals surface area (Å²) in [6, 6.07) is 0. The number of thioether (sulfide) groups is 1. The molecule has 1 N–H and O–H groups in total. The Balaban J connectivity index is 2.11. The highest BCUT2D eigenvalue weighted by Crippen LogP contribution is 2.29. The molecule has 2 heterocycles. The molecule has 0 spiro atoms. The first-order valence-corrected chi connectivity index (χ1v) is 7.16. The van der Waals surface area contributed by atoms with Crippen LogP contribution in [-0.2, 0) is 5.54 Å². The van der Waals surface area contributed by atoms with E-state index in [0.717, 1.165) is 15.9 Å². The van der Waals surface area contributed by atoms with Crippen LogP contribution in [0.3, 0.4) is 0 Å². The fourth-order valence-electron chi connectivity index (χ4n) is 1.50. The van der Waals surface area contributed by atoms with Crippen LogP contribution in [-0.4, -0.2) is 21.4 Å². The van der Waals surface area contributed by atoms with Crippen LogP contribution in [0.2, 0.25) is 0 Å². The first-order chi connectivity index (χ1) is 7.39. The summed E-state index contributed by atoms with van der Waals surface area (Å²) in [5, 5.41) is 7.61. The molecule has 0 fully saturated rings. The molecule has 0 atom stereocenters. The van der Waals surface area contributed by atoms with Crippen molar-refractivity contribution in [1.29, 1.82) is 0 Å². The molecule has 3 nitrogen and oxygen atoms in total. The molecule has 0 radical (unpaired) electrons. The number of rotatable bonds is 2. The highest BCUT2D eigenvalue weighted by Gasteiger charge is 2.30. The topological polar surface area (TPSA) is 37.3 Å². The second kappa shape index (κ2) is 4.04. The van der Waals surface area contributed by atoms with E-state index in [1.165, 1.54) is 0 Å². The van der Waals surface area contributed by atoms with E-state index in [9.17, 15) is 0 Å². The van der Waals surface area contributed by atoms with Gasteiger partial charge < -0.3 is 5.32 Å². The zero-order valence-corrected chi connectivity index (χ0v) is 11.7. The normalized spacial score (nSPS) is 19.6. The molecule has 16 heavy (non-hydrogen) atoms. The maximum Gasteiger partial charge on any atom is 0.157 e. The predicted molar refractivity (Wildman–Crippen MR) is 72.2 cm³/mol. The Morgan fingerprint density at radius 3 is 2.69 bits per heavy atom. The summed E-state index contributed by atoms with van der Waals surface area (Å²) in [5.41, 5.74) is -0.0770. The average Bonchev–Trinajstić information content (AvgIpc) is 2.74. The van der Waals surface area contributed by atoms with Crippen LogP contribution in [0.1, 0.15) is 32.7 Å². The van der Waals surface area contributed by atoms with Crippen LogP contribution in [0.4, 0.5) is 0 Å². The van der Waals surface area contributed by atoms with Crippen molar-refractivity contribution in [3.05, 3.63) is 16.6 Å². The van der Waals surface area contributed by atoms with Crippen LogP contribution < -0.4 is 5.32 Å². The molecule has 0 aliphatic carbocycles. The lowest BCUT2D eigenvalue weighted by Crippen LogP contribution is -2.39. The van der Waals surface area contributed by atoms with Gasteiger partial charge >= 0.3 is 0 Å². The minimum Gasteiger partial charge on any atom is -0.354 e. The number of thiazole rings is 1. The summed E-state index contributed by atoms with van der Waals surface area (Å²) in [4.78, 5) is 9.02.